The average Bonchev–Trinajstić information content (AvgIpc) is 3.17. The molecule has 5 nitrogen and oxygen atoms in total. The van der Waals surface area contributed by atoms with Gasteiger partial charge in [0.05, 0.1) is 4.88 Å². The van der Waals surface area contributed by atoms with Crippen molar-refractivity contribution < 1.29 is 26.1 Å². The number of thiophene rings is 1. The Morgan fingerprint density at radius 2 is 1.78 bits per heavy atom. The Balaban J connectivity index is 1.93. The standard InChI is InChI=1S/C17H15F3N2O3S2/c1-9-4-5-12(6-10(9)2)22-27(23,24)15-8-14(26-11(15)3)13-7-16(25-21-13)17(18,19)20/h4-8,22H,1-3H3. The molecule has 0 aliphatic heterocycles. The smallest absolute Gasteiger partial charge is 0.351 e. The van der Waals surface area contributed by atoms with E-state index >= 15 is 0 Å². The van der Waals surface area contributed by atoms with Crippen molar-refractivity contribution in [3.63, 3.8) is 0 Å². The van der Waals surface area contributed by atoms with E-state index in [9.17, 15) is 21.6 Å². The van der Waals surface area contributed by atoms with E-state index in [2.05, 4.69) is 14.4 Å². The fourth-order valence-electron chi connectivity index (χ4n) is 2.40. The van der Waals surface area contributed by atoms with Crippen molar-refractivity contribution in [1.29, 1.82) is 0 Å². The summed E-state index contributed by atoms with van der Waals surface area (Å²) in [5, 5.41) is 3.39. The van der Waals surface area contributed by atoms with Crippen LogP contribution in [0.3, 0.4) is 0 Å². The lowest BCUT2D eigenvalue weighted by Gasteiger charge is -2.09. The molecule has 10 heteroatoms. The van der Waals surface area contributed by atoms with Crippen molar-refractivity contribution in [2.75, 3.05) is 4.72 Å². The largest absolute Gasteiger partial charge is 0.452 e. The highest BCUT2D eigenvalue weighted by Crippen LogP contribution is 2.37. The molecule has 1 aromatic carbocycles. The molecular weight excluding hydrogens is 401 g/mol. The quantitative estimate of drug-likeness (QED) is 0.639. The first-order valence-corrected chi connectivity index (χ1v) is 10.0. The van der Waals surface area contributed by atoms with Crippen LogP contribution in [0.25, 0.3) is 10.6 Å². The van der Waals surface area contributed by atoms with Gasteiger partial charge in [0.2, 0.25) is 5.76 Å². The van der Waals surface area contributed by atoms with Gasteiger partial charge in [0, 0.05) is 16.6 Å². The maximum absolute atomic E-state index is 12.7. The van der Waals surface area contributed by atoms with Gasteiger partial charge < -0.3 is 4.52 Å². The molecule has 0 unspecified atom stereocenters. The average molecular weight is 416 g/mol. The number of benzene rings is 1. The Labute approximate surface area is 157 Å². The third-order valence-corrected chi connectivity index (χ3v) is 6.67. The number of nitrogens with one attached hydrogen (secondary N) is 1. The molecule has 0 radical (unpaired) electrons. The highest BCUT2D eigenvalue weighted by Gasteiger charge is 2.36. The summed E-state index contributed by atoms with van der Waals surface area (Å²) >= 11 is 1.03. The van der Waals surface area contributed by atoms with Crippen molar-refractivity contribution in [2.45, 2.75) is 31.8 Å². The number of hydrogen-bond donors (Lipinski definition) is 1. The summed E-state index contributed by atoms with van der Waals surface area (Å²) in [7, 11) is -3.90. The molecule has 0 fully saturated rings. The molecule has 3 rings (SSSR count). The molecule has 2 aromatic heterocycles. The van der Waals surface area contributed by atoms with Crippen LogP contribution < -0.4 is 4.72 Å². The van der Waals surface area contributed by atoms with Crippen molar-refractivity contribution >= 4 is 27.0 Å². The van der Waals surface area contributed by atoms with Gasteiger partial charge in [0.1, 0.15) is 10.6 Å². The lowest BCUT2D eigenvalue weighted by Crippen LogP contribution is -2.13. The summed E-state index contributed by atoms with van der Waals surface area (Å²) < 4.78 is 70.2. The van der Waals surface area contributed by atoms with Crippen LogP contribution in [0.1, 0.15) is 21.8 Å². The van der Waals surface area contributed by atoms with Crippen LogP contribution in [0.2, 0.25) is 0 Å². The Morgan fingerprint density at radius 3 is 2.37 bits per heavy atom. The van der Waals surface area contributed by atoms with E-state index in [0.717, 1.165) is 28.5 Å². The van der Waals surface area contributed by atoms with Gasteiger partial charge in [-0.2, -0.15) is 13.2 Å². The van der Waals surface area contributed by atoms with Crippen LogP contribution in [0.4, 0.5) is 18.9 Å². The molecule has 0 saturated heterocycles. The topological polar surface area (TPSA) is 72.2 Å². The van der Waals surface area contributed by atoms with Gasteiger partial charge in [-0.05, 0) is 50.1 Å². The Morgan fingerprint density at radius 1 is 1.07 bits per heavy atom. The molecule has 0 aliphatic rings. The SMILES string of the molecule is Cc1ccc(NS(=O)(=O)c2cc(-c3cc(C(F)(F)F)on3)sc2C)cc1C. The molecule has 27 heavy (non-hydrogen) atoms. The van der Waals surface area contributed by atoms with E-state index in [0.29, 0.717) is 10.6 Å². The second-order valence-corrected chi connectivity index (χ2v) is 8.92. The van der Waals surface area contributed by atoms with Crippen LogP contribution in [-0.2, 0) is 16.2 Å². The molecule has 0 amide bonds. The second-order valence-electron chi connectivity index (χ2n) is 6.01. The molecule has 0 atom stereocenters. The predicted molar refractivity (Wildman–Crippen MR) is 96.3 cm³/mol. The molecule has 0 spiro atoms. The van der Waals surface area contributed by atoms with Crippen LogP contribution in [-0.4, -0.2) is 13.6 Å². The maximum Gasteiger partial charge on any atom is 0.452 e. The minimum atomic E-state index is -4.66. The minimum Gasteiger partial charge on any atom is -0.351 e. The summed E-state index contributed by atoms with van der Waals surface area (Å²) in [6, 6.07) is 7.20. The van der Waals surface area contributed by atoms with Gasteiger partial charge in [-0.3, -0.25) is 4.72 Å². The Kier molecular flexibility index (Phi) is 4.81. The van der Waals surface area contributed by atoms with E-state index in [1.165, 1.54) is 6.07 Å². The normalized spacial score (nSPS) is 12.4. The molecule has 2 heterocycles. The number of aryl methyl sites for hydroxylation is 3. The van der Waals surface area contributed by atoms with Gasteiger partial charge in [0.15, 0.2) is 0 Å². The summed E-state index contributed by atoms with van der Waals surface area (Å²) in [6.45, 7) is 5.35. The third-order valence-electron chi connectivity index (χ3n) is 3.96. The molecule has 0 aliphatic carbocycles. The zero-order valence-electron chi connectivity index (χ0n) is 14.5. The summed E-state index contributed by atoms with van der Waals surface area (Å²) in [6.07, 6.45) is -4.66. The van der Waals surface area contributed by atoms with Crippen molar-refractivity contribution in [3.05, 3.63) is 52.1 Å². The zero-order valence-corrected chi connectivity index (χ0v) is 16.1. The lowest BCUT2D eigenvalue weighted by atomic mass is 10.1. The highest BCUT2D eigenvalue weighted by molar-refractivity contribution is 7.93. The number of rotatable bonds is 4. The van der Waals surface area contributed by atoms with Gasteiger partial charge in [-0.15, -0.1) is 11.3 Å². The molecular formula is C17H15F3N2O3S2. The summed E-state index contributed by atoms with van der Waals surface area (Å²) in [5.41, 5.74) is 2.30. The van der Waals surface area contributed by atoms with Gasteiger partial charge >= 0.3 is 6.18 Å². The zero-order chi connectivity index (χ0) is 20.0. The highest BCUT2D eigenvalue weighted by atomic mass is 32.2. The van der Waals surface area contributed by atoms with E-state index in [4.69, 9.17) is 0 Å². The van der Waals surface area contributed by atoms with E-state index in [-0.39, 0.29) is 15.5 Å². The number of anilines is 1. The molecule has 0 saturated carbocycles. The Hall–Kier alpha value is -2.33. The van der Waals surface area contributed by atoms with E-state index < -0.39 is 22.0 Å². The fourth-order valence-corrected chi connectivity index (χ4v) is 4.99. The lowest BCUT2D eigenvalue weighted by molar-refractivity contribution is -0.155. The second kappa shape index (κ2) is 6.68. The first-order valence-electron chi connectivity index (χ1n) is 7.72. The minimum absolute atomic E-state index is 0.0164. The summed E-state index contributed by atoms with van der Waals surface area (Å²) in [5.74, 6) is -1.23. The van der Waals surface area contributed by atoms with Crippen molar-refractivity contribution in [3.8, 4) is 10.6 Å². The van der Waals surface area contributed by atoms with Gasteiger partial charge in [-0.25, -0.2) is 8.42 Å². The van der Waals surface area contributed by atoms with Gasteiger partial charge in [-0.1, -0.05) is 11.2 Å². The van der Waals surface area contributed by atoms with Gasteiger partial charge in [0.25, 0.3) is 10.0 Å². The molecule has 144 valence electrons. The van der Waals surface area contributed by atoms with E-state index in [1.54, 1.807) is 25.1 Å². The van der Waals surface area contributed by atoms with Crippen LogP contribution >= 0.6 is 11.3 Å². The molecule has 1 N–H and O–H groups in total. The molecule has 0 bridgehead atoms. The van der Waals surface area contributed by atoms with Crippen molar-refractivity contribution in [1.82, 2.24) is 5.16 Å². The fraction of sp³-hybridized carbons (Fsp3) is 0.235. The van der Waals surface area contributed by atoms with Crippen LogP contribution in [0.15, 0.2) is 39.8 Å². The van der Waals surface area contributed by atoms with Crippen molar-refractivity contribution in [2.24, 2.45) is 0 Å². The number of aromatic nitrogens is 1. The van der Waals surface area contributed by atoms with Crippen LogP contribution in [0.5, 0.6) is 0 Å². The van der Waals surface area contributed by atoms with E-state index in [1.807, 2.05) is 13.8 Å². The number of alkyl halides is 3. The number of halogens is 3. The maximum atomic E-state index is 12.7. The first-order chi connectivity index (χ1) is 12.5. The first kappa shape index (κ1) is 19.4. The number of sulfonamides is 1. The number of nitrogens with zero attached hydrogens (tertiary/aromatic N) is 1. The number of hydrogen-bond acceptors (Lipinski definition) is 5. The van der Waals surface area contributed by atoms with Crippen LogP contribution in [0, 0.1) is 20.8 Å². The molecule has 3 aromatic rings. The Bertz CT molecular complexity index is 1100. The monoisotopic (exact) mass is 416 g/mol. The summed E-state index contributed by atoms with van der Waals surface area (Å²) in [4.78, 5) is 0.683. The third kappa shape index (κ3) is 4.01. The predicted octanol–water partition coefficient (Wildman–Crippen LogP) is 5.15.